The van der Waals surface area contributed by atoms with Crippen LogP contribution in [0.25, 0.3) is 0 Å². The van der Waals surface area contributed by atoms with Crippen LogP contribution in [0.3, 0.4) is 0 Å². The van der Waals surface area contributed by atoms with E-state index in [9.17, 15) is 9.90 Å². The van der Waals surface area contributed by atoms with Gasteiger partial charge in [0, 0.05) is 19.0 Å². The predicted molar refractivity (Wildman–Crippen MR) is 91.9 cm³/mol. The highest BCUT2D eigenvalue weighted by Crippen LogP contribution is 2.21. The summed E-state index contributed by atoms with van der Waals surface area (Å²) in [4.78, 5) is 12.0. The van der Waals surface area contributed by atoms with Crippen LogP contribution in [0.5, 0.6) is 5.75 Å². The summed E-state index contributed by atoms with van der Waals surface area (Å²) in [6.45, 7) is 2.65. The first-order valence-electron chi connectivity index (χ1n) is 7.41. The first-order chi connectivity index (χ1) is 10.7. The average Bonchev–Trinajstić information content (AvgIpc) is 2.54. The van der Waals surface area contributed by atoms with Gasteiger partial charge in [0.25, 0.3) is 0 Å². The van der Waals surface area contributed by atoms with E-state index in [1.54, 1.807) is 12.1 Å². The molecule has 0 aliphatic rings. The lowest BCUT2D eigenvalue weighted by molar-refractivity contribution is -0.111. The number of aromatic hydroxyl groups is 1. The number of carbonyl (C=O) groups is 1. The molecule has 0 aliphatic carbocycles. The van der Waals surface area contributed by atoms with Crippen molar-refractivity contribution in [3.05, 3.63) is 65.7 Å². The zero-order valence-corrected chi connectivity index (χ0v) is 13.5. The molecule has 0 spiro atoms. The van der Waals surface area contributed by atoms with Crippen molar-refractivity contribution in [2.45, 2.75) is 25.9 Å². The Balaban J connectivity index is 2.04. The molecule has 2 aromatic rings. The number of rotatable bonds is 7. The van der Waals surface area contributed by atoms with E-state index in [0.29, 0.717) is 13.0 Å². The Labute approximate surface area is 135 Å². The molecule has 0 bridgehead atoms. The Kier molecular flexibility index (Phi) is 6.49. The second kappa shape index (κ2) is 8.61. The minimum absolute atomic E-state index is 0.00144. The van der Waals surface area contributed by atoms with E-state index in [1.807, 2.05) is 49.4 Å². The highest BCUT2D eigenvalue weighted by atomic mass is 32.2. The lowest BCUT2D eigenvalue weighted by Gasteiger charge is -2.18. The van der Waals surface area contributed by atoms with Crippen LogP contribution in [0.2, 0.25) is 0 Å². The number of benzene rings is 2. The van der Waals surface area contributed by atoms with E-state index in [0.717, 1.165) is 16.9 Å². The second-order valence-corrected chi connectivity index (χ2v) is 6.34. The fraction of sp³-hybridized carbons (Fsp3) is 0.278. The predicted octanol–water partition coefficient (Wildman–Crippen LogP) is 3.89. The Hall–Kier alpha value is -1.78. The number of phenolic OH excluding ortho intramolecular Hbond substituents is 1. The van der Waals surface area contributed by atoms with Crippen LogP contribution < -0.4 is 5.32 Å². The molecule has 2 N–H and O–H groups in total. The van der Waals surface area contributed by atoms with Gasteiger partial charge < -0.3 is 10.4 Å². The van der Waals surface area contributed by atoms with Crippen molar-refractivity contribution in [1.82, 2.24) is 5.32 Å². The van der Waals surface area contributed by atoms with Gasteiger partial charge in [-0.25, -0.2) is 0 Å². The lowest BCUT2D eigenvalue weighted by Crippen LogP contribution is -2.23. The van der Waals surface area contributed by atoms with Crippen molar-refractivity contribution < 1.29 is 9.90 Å². The molecule has 116 valence electrons. The third-order valence-electron chi connectivity index (χ3n) is 3.37. The largest absolute Gasteiger partial charge is 0.508 e. The number of carbonyl (C=O) groups excluding carboxylic acids is 1. The third kappa shape index (κ3) is 5.20. The van der Waals surface area contributed by atoms with Crippen LogP contribution >= 0.6 is 11.8 Å². The van der Waals surface area contributed by atoms with Crippen LogP contribution in [0.4, 0.5) is 0 Å². The molecular weight excluding hydrogens is 294 g/mol. The number of hydrogen-bond donors (Lipinski definition) is 2. The summed E-state index contributed by atoms with van der Waals surface area (Å²) in [7, 11) is 0. The van der Waals surface area contributed by atoms with Crippen molar-refractivity contribution in [3.8, 4) is 5.75 Å². The van der Waals surface area contributed by atoms with E-state index in [-0.39, 0.29) is 16.9 Å². The summed E-state index contributed by atoms with van der Waals surface area (Å²) in [5.41, 5.74) is 2.20. The molecule has 0 heterocycles. The van der Waals surface area contributed by atoms with E-state index >= 15 is 0 Å². The maximum absolute atomic E-state index is 12.0. The monoisotopic (exact) mass is 315 g/mol. The molecule has 3 nitrogen and oxygen atoms in total. The van der Waals surface area contributed by atoms with E-state index in [4.69, 9.17) is 0 Å². The van der Waals surface area contributed by atoms with E-state index in [2.05, 4.69) is 5.32 Å². The van der Waals surface area contributed by atoms with Crippen molar-refractivity contribution in [2.24, 2.45) is 0 Å². The number of thioether (sulfide) groups is 1. The smallest absolute Gasteiger partial charge is 0.190 e. The third-order valence-corrected chi connectivity index (χ3v) is 4.14. The number of hydrogen-bond acceptors (Lipinski definition) is 4. The molecule has 0 amide bonds. The maximum Gasteiger partial charge on any atom is 0.190 e. The zero-order valence-electron chi connectivity index (χ0n) is 12.7. The highest BCUT2D eigenvalue weighted by molar-refractivity contribution is 8.13. The first kappa shape index (κ1) is 16.6. The summed E-state index contributed by atoms with van der Waals surface area (Å²) in [6.07, 6.45) is 0.473. The summed E-state index contributed by atoms with van der Waals surface area (Å²) in [5.74, 6) is 1.07. The first-order valence-corrected chi connectivity index (χ1v) is 8.39. The van der Waals surface area contributed by atoms with Gasteiger partial charge in [-0.3, -0.25) is 4.79 Å². The maximum atomic E-state index is 12.0. The van der Waals surface area contributed by atoms with Gasteiger partial charge in [0.1, 0.15) is 5.75 Å². The van der Waals surface area contributed by atoms with Crippen LogP contribution in [-0.2, 0) is 11.3 Å². The van der Waals surface area contributed by atoms with Gasteiger partial charge >= 0.3 is 0 Å². The van der Waals surface area contributed by atoms with Crippen LogP contribution in [0.15, 0.2) is 54.6 Å². The molecule has 0 aromatic heterocycles. The Morgan fingerprint density at radius 3 is 2.45 bits per heavy atom. The average molecular weight is 315 g/mol. The van der Waals surface area contributed by atoms with Crippen LogP contribution in [0, 0.1) is 0 Å². The van der Waals surface area contributed by atoms with Gasteiger partial charge in [-0.05, 0) is 29.0 Å². The molecule has 0 fully saturated rings. The van der Waals surface area contributed by atoms with Gasteiger partial charge in [0.2, 0.25) is 0 Å². The van der Waals surface area contributed by atoms with Gasteiger partial charge in [0.05, 0.1) is 0 Å². The van der Waals surface area contributed by atoms with Crippen molar-refractivity contribution in [2.75, 3.05) is 5.75 Å². The topological polar surface area (TPSA) is 49.3 Å². The molecule has 22 heavy (non-hydrogen) atoms. The van der Waals surface area contributed by atoms with Crippen molar-refractivity contribution in [1.29, 1.82) is 0 Å². The minimum Gasteiger partial charge on any atom is -0.508 e. The molecule has 1 unspecified atom stereocenters. The molecule has 2 rings (SSSR count). The summed E-state index contributed by atoms with van der Waals surface area (Å²) in [5, 5.41) is 13.0. The van der Waals surface area contributed by atoms with Crippen molar-refractivity contribution in [3.63, 3.8) is 0 Å². The van der Waals surface area contributed by atoms with Gasteiger partial charge in [0.15, 0.2) is 5.12 Å². The quantitative estimate of drug-likeness (QED) is 0.814. The van der Waals surface area contributed by atoms with Gasteiger partial charge in [-0.2, -0.15) is 0 Å². The summed E-state index contributed by atoms with van der Waals surface area (Å²) in [6, 6.07) is 17.1. The molecule has 0 saturated carbocycles. The Bertz CT molecular complexity index is 584. The second-order valence-electron chi connectivity index (χ2n) is 5.02. The molecule has 1 atom stereocenters. The summed E-state index contributed by atoms with van der Waals surface area (Å²) >= 11 is 1.37. The molecule has 4 heteroatoms. The van der Waals surface area contributed by atoms with Gasteiger partial charge in [-0.15, -0.1) is 0 Å². The standard InChI is InChI=1S/C18H21NO2S/c1-2-22-18(21)12-17(15-6-4-3-5-7-15)19-13-14-8-10-16(20)11-9-14/h3-11,17,19-20H,2,12-13H2,1H3. The van der Waals surface area contributed by atoms with Gasteiger partial charge in [-0.1, -0.05) is 61.2 Å². The molecular formula is C18H21NO2S. The SMILES string of the molecule is CCSC(=O)CC(NCc1ccc(O)cc1)c1ccccc1. The van der Waals surface area contributed by atoms with E-state index < -0.39 is 0 Å². The molecule has 2 aromatic carbocycles. The molecule has 0 aliphatic heterocycles. The van der Waals surface area contributed by atoms with Crippen LogP contribution in [0.1, 0.15) is 30.5 Å². The Morgan fingerprint density at radius 1 is 1.14 bits per heavy atom. The normalized spacial score (nSPS) is 12.0. The zero-order chi connectivity index (χ0) is 15.8. The van der Waals surface area contributed by atoms with Crippen molar-refractivity contribution >= 4 is 16.9 Å². The number of nitrogens with one attached hydrogen (secondary N) is 1. The summed E-state index contributed by atoms with van der Waals surface area (Å²) < 4.78 is 0. The lowest BCUT2D eigenvalue weighted by atomic mass is 10.0. The number of phenols is 1. The molecule has 0 saturated heterocycles. The van der Waals surface area contributed by atoms with Crippen LogP contribution in [-0.4, -0.2) is 16.0 Å². The molecule has 0 radical (unpaired) electrons. The van der Waals surface area contributed by atoms with E-state index in [1.165, 1.54) is 11.8 Å². The Morgan fingerprint density at radius 2 is 1.82 bits per heavy atom. The fourth-order valence-corrected chi connectivity index (χ4v) is 2.84. The highest BCUT2D eigenvalue weighted by Gasteiger charge is 2.15. The minimum atomic E-state index is 0.00144. The fourth-order valence-electron chi connectivity index (χ4n) is 2.23.